The summed E-state index contributed by atoms with van der Waals surface area (Å²) in [6.45, 7) is 2.23. The van der Waals surface area contributed by atoms with E-state index in [-0.39, 0.29) is 11.7 Å². The van der Waals surface area contributed by atoms with Crippen LogP contribution in [0.3, 0.4) is 0 Å². The van der Waals surface area contributed by atoms with Crippen LogP contribution in [0, 0.1) is 29.0 Å². The summed E-state index contributed by atoms with van der Waals surface area (Å²) >= 11 is 1.65. The third-order valence-corrected chi connectivity index (χ3v) is 4.65. The molecule has 1 saturated carbocycles. The Hall–Kier alpha value is -1.01. The SMILES string of the molecule is CC1CCC(C#N)C(Sc2cccc(F)c2)C1. The number of thioether (sulfide) groups is 1. The predicted octanol–water partition coefficient (Wildman–Crippen LogP) is 4.25. The Bertz CT molecular complexity index is 426. The quantitative estimate of drug-likeness (QED) is 0.782. The van der Waals surface area contributed by atoms with E-state index in [4.69, 9.17) is 5.26 Å². The van der Waals surface area contributed by atoms with Crippen molar-refractivity contribution in [1.82, 2.24) is 0 Å². The zero-order valence-electron chi connectivity index (χ0n) is 9.90. The Morgan fingerprint density at radius 1 is 1.41 bits per heavy atom. The number of halogens is 1. The van der Waals surface area contributed by atoms with Gasteiger partial charge in [0.2, 0.25) is 0 Å². The molecule has 0 aliphatic heterocycles. The summed E-state index contributed by atoms with van der Waals surface area (Å²) in [6, 6.07) is 9.05. The van der Waals surface area contributed by atoms with Crippen LogP contribution in [0.15, 0.2) is 29.2 Å². The number of hydrogen-bond donors (Lipinski definition) is 0. The molecule has 3 heteroatoms. The molecule has 0 aromatic heterocycles. The van der Waals surface area contributed by atoms with Gasteiger partial charge < -0.3 is 0 Å². The fraction of sp³-hybridized carbons (Fsp3) is 0.500. The highest BCUT2D eigenvalue weighted by molar-refractivity contribution is 8.00. The summed E-state index contributed by atoms with van der Waals surface area (Å²) in [5.41, 5.74) is 0. The monoisotopic (exact) mass is 249 g/mol. The second-order valence-electron chi connectivity index (χ2n) is 4.77. The highest BCUT2D eigenvalue weighted by Crippen LogP contribution is 2.39. The normalized spacial score (nSPS) is 28.6. The fourth-order valence-corrected chi connectivity index (χ4v) is 3.80. The lowest BCUT2D eigenvalue weighted by Gasteiger charge is -2.30. The van der Waals surface area contributed by atoms with Crippen LogP contribution in [0.1, 0.15) is 26.2 Å². The molecule has 1 aliphatic carbocycles. The highest BCUT2D eigenvalue weighted by atomic mass is 32.2. The highest BCUT2D eigenvalue weighted by Gasteiger charge is 2.29. The number of nitrogens with zero attached hydrogens (tertiary/aromatic N) is 1. The van der Waals surface area contributed by atoms with Crippen LogP contribution in [-0.2, 0) is 0 Å². The van der Waals surface area contributed by atoms with E-state index in [9.17, 15) is 4.39 Å². The first-order valence-electron chi connectivity index (χ1n) is 6.01. The molecule has 3 atom stereocenters. The maximum atomic E-state index is 13.1. The van der Waals surface area contributed by atoms with E-state index < -0.39 is 0 Å². The third kappa shape index (κ3) is 3.23. The van der Waals surface area contributed by atoms with Gasteiger partial charge in [-0.3, -0.25) is 0 Å². The lowest BCUT2D eigenvalue weighted by atomic mass is 9.83. The minimum Gasteiger partial charge on any atom is -0.207 e. The van der Waals surface area contributed by atoms with Gasteiger partial charge in [0.25, 0.3) is 0 Å². The lowest BCUT2D eigenvalue weighted by Crippen LogP contribution is -2.24. The lowest BCUT2D eigenvalue weighted by molar-refractivity contribution is 0.346. The standard InChI is InChI=1S/C14H16FNS/c1-10-5-6-11(9-16)14(7-10)17-13-4-2-3-12(15)8-13/h2-4,8,10-11,14H,5-7H2,1H3. The van der Waals surface area contributed by atoms with Crippen LogP contribution in [0.2, 0.25) is 0 Å². The summed E-state index contributed by atoms with van der Waals surface area (Å²) in [7, 11) is 0. The molecular weight excluding hydrogens is 233 g/mol. The van der Waals surface area contributed by atoms with Gasteiger partial charge in [-0.2, -0.15) is 5.26 Å². The zero-order valence-corrected chi connectivity index (χ0v) is 10.7. The van der Waals surface area contributed by atoms with Crippen molar-refractivity contribution < 1.29 is 4.39 Å². The molecule has 0 amide bonds. The molecule has 1 aliphatic rings. The molecule has 0 heterocycles. The Morgan fingerprint density at radius 3 is 2.94 bits per heavy atom. The molecule has 17 heavy (non-hydrogen) atoms. The second kappa shape index (κ2) is 5.55. The molecule has 90 valence electrons. The summed E-state index contributed by atoms with van der Waals surface area (Å²) in [4.78, 5) is 0.935. The van der Waals surface area contributed by atoms with Crippen molar-refractivity contribution >= 4 is 11.8 Å². The van der Waals surface area contributed by atoms with E-state index in [1.165, 1.54) is 6.07 Å². The number of benzene rings is 1. The second-order valence-corrected chi connectivity index (χ2v) is 6.08. The van der Waals surface area contributed by atoms with Gasteiger partial charge in [0, 0.05) is 10.1 Å². The van der Waals surface area contributed by atoms with Crippen molar-refractivity contribution in [3.05, 3.63) is 30.1 Å². The molecule has 0 N–H and O–H groups in total. The summed E-state index contributed by atoms with van der Waals surface area (Å²) < 4.78 is 13.1. The maximum absolute atomic E-state index is 13.1. The van der Waals surface area contributed by atoms with Crippen molar-refractivity contribution in [2.75, 3.05) is 0 Å². The van der Waals surface area contributed by atoms with Crippen LogP contribution in [-0.4, -0.2) is 5.25 Å². The zero-order chi connectivity index (χ0) is 12.3. The van der Waals surface area contributed by atoms with Crippen LogP contribution < -0.4 is 0 Å². The largest absolute Gasteiger partial charge is 0.207 e. The van der Waals surface area contributed by atoms with Crippen molar-refractivity contribution in [3.63, 3.8) is 0 Å². The average molecular weight is 249 g/mol. The van der Waals surface area contributed by atoms with Crippen molar-refractivity contribution in [3.8, 4) is 6.07 Å². The summed E-state index contributed by atoms with van der Waals surface area (Å²) in [5.74, 6) is 0.581. The van der Waals surface area contributed by atoms with Gasteiger partial charge in [0.1, 0.15) is 5.82 Å². The Balaban J connectivity index is 2.08. The van der Waals surface area contributed by atoms with Gasteiger partial charge in [-0.25, -0.2) is 4.39 Å². The molecule has 1 aromatic carbocycles. The smallest absolute Gasteiger partial charge is 0.124 e. The van der Waals surface area contributed by atoms with Crippen LogP contribution in [0.25, 0.3) is 0 Å². The molecule has 2 rings (SSSR count). The number of rotatable bonds is 2. The first-order valence-corrected chi connectivity index (χ1v) is 6.89. The van der Waals surface area contributed by atoms with Crippen LogP contribution in [0.4, 0.5) is 4.39 Å². The molecule has 1 fully saturated rings. The maximum Gasteiger partial charge on any atom is 0.124 e. The van der Waals surface area contributed by atoms with Gasteiger partial charge in [-0.1, -0.05) is 13.0 Å². The molecular formula is C14H16FNS. The van der Waals surface area contributed by atoms with E-state index in [0.717, 1.165) is 24.2 Å². The van der Waals surface area contributed by atoms with Gasteiger partial charge in [-0.15, -0.1) is 11.8 Å². The predicted molar refractivity (Wildman–Crippen MR) is 68.2 cm³/mol. The summed E-state index contributed by atoms with van der Waals surface area (Å²) in [5, 5.41) is 9.45. The van der Waals surface area contributed by atoms with Crippen LogP contribution >= 0.6 is 11.8 Å². The van der Waals surface area contributed by atoms with Gasteiger partial charge in [-0.05, 0) is 43.4 Å². The number of nitriles is 1. The molecule has 0 bridgehead atoms. The van der Waals surface area contributed by atoms with Crippen molar-refractivity contribution in [2.24, 2.45) is 11.8 Å². The van der Waals surface area contributed by atoms with Crippen molar-refractivity contribution in [1.29, 1.82) is 5.26 Å². The fourth-order valence-electron chi connectivity index (χ4n) is 2.32. The minimum atomic E-state index is -0.202. The molecule has 1 nitrogen and oxygen atoms in total. The molecule has 0 radical (unpaired) electrons. The van der Waals surface area contributed by atoms with E-state index in [1.54, 1.807) is 23.9 Å². The van der Waals surface area contributed by atoms with E-state index in [2.05, 4.69) is 13.0 Å². The minimum absolute atomic E-state index is 0.111. The third-order valence-electron chi connectivity index (χ3n) is 3.30. The Morgan fingerprint density at radius 2 is 2.24 bits per heavy atom. The Labute approximate surface area is 106 Å². The van der Waals surface area contributed by atoms with Gasteiger partial charge in [0.05, 0.1) is 12.0 Å². The first-order chi connectivity index (χ1) is 8.19. The summed E-state index contributed by atoms with van der Waals surface area (Å²) in [6.07, 6.45) is 3.17. The molecule has 0 spiro atoms. The average Bonchev–Trinajstić information content (AvgIpc) is 2.29. The van der Waals surface area contributed by atoms with Gasteiger partial charge >= 0.3 is 0 Å². The topological polar surface area (TPSA) is 23.8 Å². The number of hydrogen-bond acceptors (Lipinski definition) is 2. The van der Waals surface area contributed by atoms with Crippen molar-refractivity contribution in [2.45, 2.75) is 36.3 Å². The molecule has 3 unspecified atom stereocenters. The van der Waals surface area contributed by atoms with E-state index >= 15 is 0 Å². The van der Waals surface area contributed by atoms with Crippen LogP contribution in [0.5, 0.6) is 0 Å². The van der Waals surface area contributed by atoms with E-state index in [0.29, 0.717) is 11.2 Å². The Kier molecular flexibility index (Phi) is 4.06. The molecule has 1 aromatic rings. The molecule has 0 saturated heterocycles. The first kappa shape index (κ1) is 12.4. The van der Waals surface area contributed by atoms with E-state index in [1.807, 2.05) is 6.07 Å². The van der Waals surface area contributed by atoms with Gasteiger partial charge in [0.15, 0.2) is 0 Å².